The van der Waals surface area contributed by atoms with Crippen molar-refractivity contribution in [3.05, 3.63) is 12.4 Å². The fourth-order valence-electron chi connectivity index (χ4n) is 4.37. The number of aromatic nitrogens is 2. The standard InChI is InChI=1S/C15H24N4O2S/c16-13-8-14(15(13)6-3-7-15)18-22(20,21)12-9-17-19(10-12)11-4-1-2-5-11/h9-11,13-14,18H,1-8,16H2. The van der Waals surface area contributed by atoms with Crippen molar-refractivity contribution in [3.8, 4) is 0 Å². The molecule has 3 fully saturated rings. The van der Waals surface area contributed by atoms with E-state index in [1.165, 1.54) is 19.0 Å². The third kappa shape index (κ3) is 2.13. The van der Waals surface area contributed by atoms with Gasteiger partial charge in [-0.15, -0.1) is 0 Å². The second-order valence-electron chi connectivity index (χ2n) is 7.20. The molecule has 122 valence electrons. The van der Waals surface area contributed by atoms with Crippen molar-refractivity contribution in [1.82, 2.24) is 14.5 Å². The molecule has 2 unspecified atom stereocenters. The summed E-state index contributed by atoms with van der Waals surface area (Å²) in [6.45, 7) is 0. The summed E-state index contributed by atoms with van der Waals surface area (Å²) in [7, 11) is -3.49. The molecule has 4 rings (SSSR count). The monoisotopic (exact) mass is 324 g/mol. The predicted octanol–water partition coefficient (Wildman–Crippen LogP) is 1.55. The molecule has 0 amide bonds. The Balaban J connectivity index is 1.49. The zero-order valence-electron chi connectivity index (χ0n) is 12.7. The summed E-state index contributed by atoms with van der Waals surface area (Å²) in [6.07, 6.45) is 11.7. The first-order valence-corrected chi connectivity index (χ1v) is 9.82. The van der Waals surface area contributed by atoms with Crippen molar-refractivity contribution in [1.29, 1.82) is 0 Å². The van der Waals surface area contributed by atoms with Gasteiger partial charge in [-0.25, -0.2) is 13.1 Å². The van der Waals surface area contributed by atoms with E-state index in [4.69, 9.17) is 5.73 Å². The van der Waals surface area contributed by atoms with Crippen LogP contribution in [0.1, 0.15) is 57.4 Å². The van der Waals surface area contributed by atoms with E-state index in [9.17, 15) is 8.42 Å². The molecule has 2 atom stereocenters. The van der Waals surface area contributed by atoms with Gasteiger partial charge in [0.05, 0.1) is 12.2 Å². The SMILES string of the molecule is NC1CC(NS(=O)(=O)c2cnn(C3CCCC3)c2)C12CCC2. The molecule has 3 aliphatic rings. The maximum Gasteiger partial charge on any atom is 0.243 e. The highest BCUT2D eigenvalue weighted by atomic mass is 32.2. The van der Waals surface area contributed by atoms with Crippen LogP contribution in [-0.4, -0.2) is 30.3 Å². The Bertz CT molecular complexity index is 659. The minimum absolute atomic E-state index is 0.00363. The molecule has 0 saturated heterocycles. The van der Waals surface area contributed by atoms with E-state index in [0.29, 0.717) is 6.04 Å². The lowest BCUT2D eigenvalue weighted by Crippen LogP contribution is -2.69. The van der Waals surface area contributed by atoms with Crippen LogP contribution < -0.4 is 10.5 Å². The van der Waals surface area contributed by atoms with Crippen LogP contribution in [0.3, 0.4) is 0 Å². The average molecular weight is 324 g/mol. The lowest BCUT2D eigenvalue weighted by Gasteiger charge is -2.60. The third-order valence-electron chi connectivity index (χ3n) is 6.09. The van der Waals surface area contributed by atoms with Crippen molar-refractivity contribution >= 4 is 10.0 Å². The van der Waals surface area contributed by atoms with E-state index in [1.54, 1.807) is 6.20 Å². The number of hydrogen-bond acceptors (Lipinski definition) is 4. The van der Waals surface area contributed by atoms with Gasteiger partial charge in [-0.2, -0.15) is 5.10 Å². The van der Waals surface area contributed by atoms with Gasteiger partial charge in [0.2, 0.25) is 10.0 Å². The molecule has 1 aromatic heterocycles. The molecule has 3 aliphatic carbocycles. The molecule has 0 radical (unpaired) electrons. The lowest BCUT2D eigenvalue weighted by atomic mass is 9.50. The number of rotatable bonds is 4. The summed E-state index contributed by atoms with van der Waals surface area (Å²) in [5.74, 6) is 0. The summed E-state index contributed by atoms with van der Waals surface area (Å²) < 4.78 is 29.9. The normalized spacial score (nSPS) is 31.1. The third-order valence-corrected chi connectivity index (χ3v) is 7.52. The van der Waals surface area contributed by atoms with E-state index in [0.717, 1.165) is 38.5 Å². The maximum absolute atomic E-state index is 12.6. The molecule has 6 nitrogen and oxygen atoms in total. The van der Waals surface area contributed by atoms with Crippen LogP contribution in [0.15, 0.2) is 17.3 Å². The van der Waals surface area contributed by atoms with Crippen LogP contribution in [0.2, 0.25) is 0 Å². The minimum atomic E-state index is -3.49. The molecule has 0 aliphatic heterocycles. The zero-order chi connectivity index (χ0) is 15.4. The fraction of sp³-hybridized carbons (Fsp3) is 0.800. The quantitative estimate of drug-likeness (QED) is 0.879. The van der Waals surface area contributed by atoms with Crippen molar-refractivity contribution in [2.24, 2.45) is 11.1 Å². The van der Waals surface area contributed by atoms with Gasteiger partial charge >= 0.3 is 0 Å². The molecule has 3 saturated carbocycles. The van der Waals surface area contributed by atoms with E-state index in [-0.39, 0.29) is 22.4 Å². The van der Waals surface area contributed by atoms with Crippen LogP contribution in [-0.2, 0) is 10.0 Å². The molecule has 0 bridgehead atoms. The summed E-state index contributed by atoms with van der Waals surface area (Å²) >= 11 is 0. The summed E-state index contributed by atoms with van der Waals surface area (Å²) in [4.78, 5) is 0.286. The molecule has 7 heteroatoms. The van der Waals surface area contributed by atoms with Crippen molar-refractivity contribution in [2.45, 2.75) is 74.4 Å². The van der Waals surface area contributed by atoms with Crippen molar-refractivity contribution in [3.63, 3.8) is 0 Å². The Labute approximate surface area is 131 Å². The summed E-state index contributed by atoms with van der Waals surface area (Å²) in [5, 5.41) is 4.27. The van der Waals surface area contributed by atoms with Crippen LogP contribution in [0.25, 0.3) is 0 Å². The average Bonchev–Trinajstić information content (AvgIpc) is 3.07. The van der Waals surface area contributed by atoms with Crippen LogP contribution in [0.5, 0.6) is 0 Å². The van der Waals surface area contributed by atoms with Gasteiger partial charge in [0, 0.05) is 23.7 Å². The highest BCUT2D eigenvalue weighted by Crippen LogP contribution is 2.55. The second kappa shape index (κ2) is 5.04. The van der Waals surface area contributed by atoms with E-state index < -0.39 is 10.0 Å². The van der Waals surface area contributed by atoms with Gasteiger partial charge in [0.15, 0.2) is 0 Å². The highest BCUT2D eigenvalue weighted by Gasteiger charge is 2.57. The number of nitrogens with one attached hydrogen (secondary N) is 1. The van der Waals surface area contributed by atoms with Gasteiger partial charge < -0.3 is 5.73 Å². The molecular weight excluding hydrogens is 300 g/mol. The molecular formula is C15H24N4O2S. The lowest BCUT2D eigenvalue weighted by molar-refractivity contribution is -0.0321. The van der Waals surface area contributed by atoms with Gasteiger partial charge in [-0.1, -0.05) is 19.3 Å². The van der Waals surface area contributed by atoms with Gasteiger partial charge in [-0.05, 0) is 32.1 Å². The van der Waals surface area contributed by atoms with Gasteiger partial charge in [-0.3, -0.25) is 4.68 Å². The Morgan fingerprint density at radius 3 is 2.59 bits per heavy atom. The highest BCUT2D eigenvalue weighted by molar-refractivity contribution is 7.89. The zero-order valence-corrected chi connectivity index (χ0v) is 13.6. The molecule has 3 N–H and O–H groups in total. The first kappa shape index (κ1) is 14.7. The Kier molecular flexibility index (Phi) is 3.36. The molecule has 1 aromatic rings. The molecule has 1 heterocycles. The van der Waals surface area contributed by atoms with Crippen molar-refractivity contribution < 1.29 is 8.42 Å². The predicted molar refractivity (Wildman–Crippen MR) is 82.7 cm³/mol. The topological polar surface area (TPSA) is 90.0 Å². The number of nitrogens with zero attached hydrogens (tertiary/aromatic N) is 2. The molecule has 22 heavy (non-hydrogen) atoms. The smallest absolute Gasteiger partial charge is 0.243 e. The van der Waals surface area contributed by atoms with Gasteiger partial charge in [0.25, 0.3) is 0 Å². The minimum Gasteiger partial charge on any atom is -0.327 e. The first-order valence-electron chi connectivity index (χ1n) is 8.33. The van der Waals surface area contributed by atoms with E-state index in [1.807, 2.05) is 4.68 Å². The number of nitrogens with two attached hydrogens (primary N) is 1. The Morgan fingerprint density at radius 1 is 1.27 bits per heavy atom. The van der Waals surface area contributed by atoms with E-state index >= 15 is 0 Å². The number of hydrogen-bond donors (Lipinski definition) is 2. The van der Waals surface area contributed by atoms with Crippen LogP contribution in [0.4, 0.5) is 0 Å². The Hall–Kier alpha value is -0.920. The van der Waals surface area contributed by atoms with E-state index in [2.05, 4.69) is 9.82 Å². The Morgan fingerprint density at radius 2 is 2.00 bits per heavy atom. The van der Waals surface area contributed by atoms with Crippen LogP contribution in [0, 0.1) is 5.41 Å². The summed E-state index contributed by atoms with van der Waals surface area (Å²) in [6, 6.07) is 0.505. The van der Waals surface area contributed by atoms with Gasteiger partial charge in [0.1, 0.15) is 4.90 Å². The largest absolute Gasteiger partial charge is 0.327 e. The summed E-state index contributed by atoms with van der Waals surface area (Å²) in [5.41, 5.74) is 6.12. The first-order chi connectivity index (χ1) is 10.5. The second-order valence-corrected chi connectivity index (χ2v) is 8.91. The maximum atomic E-state index is 12.6. The van der Waals surface area contributed by atoms with Crippen LogP contribution >= 0.6 is 0 Å². The fourth-order valence-corrected chi connectivity index (χ4v) is 5.65. The molecule has 0 aromatic carbocycles. The molecule has 1 spiro atoms. The number of sulfonamides is 1. The van der Waals surface area contributed by atoms with Crippen molar-refractivity contribution in [2.75, 3.05) is 0 Å².